The zero-order valence-electron chi connectivity index (χ0n) is 19.9. The van der Waals surface area contributed by atoms with Crippen LogP contribution in [0.25, 0.3) is 11.3 Å². The molecular weight excluding hydrogens is 527 g/mol. The Balaban J connectivity index is 1.42. The van der Waals surface area contributed by atoms with Crippen molar-refractivity contribution in [3.8, 4) is 11.3 Å². The van der Waals surface area contributed by atoms with Crippen LogP contribution >= 0.6 is 35.4 Å². The molecule has 0 spiro atoms. The Morgan fingerprint density at radius 3 is 2.73 bits per heavy atom. The molecule has 4 aromatic rings. The predicted octanol–water partition coefficient (Wildman–Crippen LogP) is 6.96. The second-order valence-corrected chi connectivity index (χ2v) is 9.96. The summed E-state index contributed by atoms with van der Waals surface area (Å²) < 4.78 is 6.32. The molecule has 1 saturated heterocycles. The van der Waals surface area contributed by atoms with Crippen molar-refractivity contribution in [3.05, 3.63) is 106 Å². The number of thiocarbonyl (C=S) groups is 1. The fourth-order valence-electron chi connectivity index (χ4n) is 4.47. The van der Waals surface area contributed by atoms with Gasteiger partial charge in [0, 0.05) is 30.4 Å². The van der Waals surface area contributed by atoms with Gasteiger partial charge in [-0.05, 0) is 73.2 Å². The molecule has 0 unspecified atom stereocenters. The third kappa shape index (κ3) is 5.49. The fourth-order valence-corrected chi connectivity index (χ4v) is 5.20. The van der Waals surface area contributed by atoms with Gasteiger partial charge in [0.05, 0.1) is 21.8 Å². The van der Waals surface area contributed by atoms with Crippen molar-refractivity contribution in [1.29, 1.82) is 0 Å². The number of carbonyl (C=O) groups excluding carboxylic acids is 1. The number of aryl methyl sites for hydroxylation is 1. The molecule has 0 radical (unpaired) electrons. The molecule has 1 aliphatic heterocycles. The summed E-state index contributed by atoms with van der Waals surface area (Å²) in [6.45, 7) is 2.38. The van der Waals surface area contributed by atoms with Gasteiger partial charge >= 0.3 is 0 Å². The average molecular weight is 551 g/mol. The number of amides is 1. The van der Waals surface area contributed by atoms with Crippen molar-refractivity contribution in [1.82, 2.24) is 15.2 Å². The van der Waals surface area contributed by atoms with Crippen LogP contribution in [0.15, 0.2) is 83.4 Å². The van der Waals surface area contributed by atoms with Crippen LogP contribution in [0.5, 0.6) is 0 Å². The Hall–Kier alpha value is -3.39. The molecule has 2 atom stereocenters. The molecule has 6 nitrogen and oxygen atoms in total. The third-order valence-corrected chi connectivity index (χ3v) is 7.39. The Morgan fingerprint density at radius 2 is 1.95 bits per heavy atom. The molecule has 37 heavy (non-hydrogen) atoms. The molecule has 1 amide bonds. The lowest BCUT2D eigenvalue weighted by Gasteiger charge is -2.25. The lowest BCUT2D eigenvalue weighted by atomic mass is 10.0. The van der Waals surface area contributed by atoms with Crippen molar-refractivity contribution in [2.75, 3.05) is 11.9 Å². The monoisotopic (exact) mass is 550 g/mol. The lowest BCUT2D eigenvalue weighted by Crippen LogP contribution is -2.32. The highest BCUT2D eigenvalue weighted by atomic mass is 35.5. The topological polar surface area (TPSA) is 70.4 Å². The van der Waals surface area contributed by atoms with Gasteiger partial charge in [-0.25, -0.2) is 0 Å². The van der Waals surface area contributed by atoms with Crippen molar-refractivity contribution < 1.29 is 9.21 Å². The quantitative estimate of drug-likeness (QED) is 0.242. The molecule has 3 heterocycles. The largest absolute Gasteiger partial charge is 0.459 e. The maximum absolute atomic E-state index is 12.8. The number of nitrogens with zero attached hydrogens (tertiary/aromatic N) is 2. The minimum absolute atomic E-state index is 0.0979. The summed E-state index contributed by atoms with van der Waals surface area (Å²) in [4.78, 5) is 19.3. The van der Waals surface area contributed by atoms with Crippen molar-refractivity contribution in [2.24, 2.45) is 0 Å². The van der Waals surface area contributed by atoms with Gasteiger partial charge in [0.2, 0.25) is 5.91 Å². The van der Waals surface area contributed by atoms with Crippen LogP contribution in [-0.2, 0) is 4.79 Å². The van der Waals surface area contributed by atoms with E-state index in [-0.39, 0.29) is 24.4 Å². The minimum Gasteiger partial charge on any atom is -0.459 e. The normalized spacial score (nSPS) is 17.1. The summed E-state index contributed by atoms with van der Waals surface area (Å²) in [5, 5.41) is 7.75. The van der Waals surface area contributed by atoms with Gasteiger partial charge in [-0.1, -0.05) is 47.5 Å². The Bertz CT molecular complexity index is 1440. The molecule has 5 rings (SSSR count). The fraction of sp³-hybridized carbons (Fsp3) is 0.179. The summed E-state index contributed by atoms with van der Waals surface area (Å²) in [5.41, 5.74) is 3.37. The highest BCUT2D eigenvalue weighted by Crippen LogP contribution is 2.42. The number of nitrogens with one attached hydrogen (secondary N) is 2. The smallest absolute Gasteiger partial charge is 0.226 e. The SMILES string of the molecule is Cc1cccc(NC(=O)CCN2C(=S)N[C@H](c3ccccn3)[C@H]2c2ccc(-c3cccc(Cl)c3Cl)o2)c1. The van der Waals surface area contributed by atoms with E-state index in [0.717, 1.165) is 16.9 Å². The van der Waals surface area contributed by atoms with Gasteiger partial charge in [0.25, 0.3) is 0 Å². The highest BCUT2D eigenvalue weighted by molar-refractivity contribution is 7.80. The summed E-state index contributed by atoms with van der Waals surface area (Å²) in [5.74, 6) is 1.17. The third-order valence-electron chi connectivity index (χ3n) is 6.21. The molecule has 0 aliphatic carbocycles. The molecule has 0 bridgehead atoms. The van der Waals surface area contributed by atoms with Crippen LogP contribution in [0.2, 0.25) is 10.0 Å². The van der Waals surface area contributed by atoms with E-state index in [0.29, 0.717) is 38.8 Å². The standard InChI is InChI=1S/C28H24Cl2N4O2S/c1-17-6-4-7-18(16-17)32-24(35)13-15-34-27(26(33-28(34)37)21-10-2-3-14-31-21)23-12-11-22(36-23)19-8-5-9-20(29)25(19)30/h2-12,14,16,26-27H,13,15H2,1H3,(H,32,35)(H,33,37)/t26-,27-/m1/s1. The Morgan fingerprint density at radius 1 is 1.11 bits per heavy atom. The van der Waals surface area contributed by atoms with Crippen LogP contribution in [0, 0.1) is 6.92 Å². The van der Waals surface area contributed by atoms with Gasteiger partial charge in [0.1, 0.15) is 17.6 Å². The van der Waals surface area contributed by atoms with Gasteiger partial charge in [-0.15, -0.1) is 0 Å². The van der Waals surface area contributed by atoms with Crippen molar-refractivity contribution >= 4 is 52.1 Å². The van der Waals surface area contributed by atoms with E-state index in [1.165, 1.54) is 0 Å². The summed E-state index contributed by atoms with van der Waals surface area (Å²) in [6, 6.07) is 22.1. The van der Waals surface area contributed by atoms with Crippen molar-refractivity contribution in [2.45, 2.75) is 25.4 Å². The van der Waals surface area contributed by atoms with Gasteiger partial charge in [0.15, 0.2) is 5.11 Å². The first kappa shape index (κ1) is 25.3. The number of hydrogen-bond acceptors (Lipinski definition) is 4. The molecule has 188 valence electrons. The first-order chi connectivity index (χ1) is 17.9. The molecular formula is C28H24Cl2N4O2S. The van der Waals surface area contributed by atoms with Gasteiger partial charge in [-0.3, -0.25) is 9.78 Å². The number of benzene rings is 2. The lowest BCUT2D eigenvalue weighted by molar-refractivity contribution is -0.116. The number of aromatic nitrogens is 1. The van der Waals surface area contributed by atoms with Gasteiger partial charge in [-0.2, -0.15) is 0 Å². The summed E-state index contributed by atoms with van der Waals surface area (Å²) >= 11 is 18.4. The number of furan rings is 1. The molecule has 9 heteroatoms. The van der Waals surface area contributed by atoms with Gasteiger partial charge < -0.3 is 20.0 Å². The maximum Gasteiger partial charge on any atom is 0.226 e. The zero-order chi connectivity index (χ0) is 25.9. The van der Waals surface area contributed by atoms with Crippen LogP contribution < -0.4 is 10.6 Å². The highest BCUT2D eigenvalue weighted by Gasteiger charge is 2.41. The number of pyridine rings is 1. The molecule has 2 aromatic carbocycles. The molecule has 1 aliphatic rings. The van der Waals surface area contributed by atoms with Crippen molar-refractivity contribution in [3.63, 3.8) is 0 Å². The van der Waals surface area contributed by atoms with E-state index in [4.69, 9.17) is 39.8 Å². The van der Waals surface area contributed by atoms with Crippen LogP contribution in [0.3, 0.4) is 0 Å². The predicted molar refractivity (Wildman–Crippen MR) is 151 cm³/mol. The Kier molecular flexibility index (Phi) is 7.46. The summed E-state index contributed by atoms with van der Waals surface area (Å²) in [7, 11) is 0. The van der Waals surface area contributed by atoms with Crippen LogP contribution in [-0.4, -0.2) is 27.4 Å². The van der Waals surface area contributed by atoms with E-state index in [2.05, 4.69) is 15.6 Å². The minimum atomic E-state index is -0.319. The number of carbonyl (C=O) groups is 1. The first-order valence-corrected chi connectivity index (χ1v) is 13.0. The molecule has 1 fully saturated rings. The number of rotatable bonds is 7. The first-order valence-electron chi connectivity index (χ1n) is 11.8. The van der Waals surface area contributed by atoms with Crippen LogP contribution in [0.1, 0.15) is 35.5 Å². The second kappa shape index (κ2) is 10.9. The van der Waals surface area contributed by atoms with Crippen LogP contribution in [0.4, 0.5) is 5.69 Å². The number of hydrogen-bond donors (Lipinski definition) is 2. The number of halogens is 2. The second-order valence-electron chi connectivity index (χ2n) is 8.79. The van der Waals surface area contributed by atoms with E-state index < -0.39 is 0 Å². The zero-order valence-corrected chi connectivity index (χ0v) is 22.3. The maximum atomic E-state index is 12.8. The number of anilines is 1. The van der Waals surface area contributed by atoms with E-state index in [1.54, 1.807) is 12.3 Å². The molecule has 0 saturated carbocycles. The average Bonchev–Trinajstić information content (AvgIpc) is 3.49. The summed E-state index contributed by atoms with van der Waals surface area (Å²) in [6.07, 6.45) is 1.99. The van der Waals surface area contributed by atoms with E-state index in [9.17, 15) is 4.79 Å². The Labute approximate surface area is 230 Å². The molecule has 2 aromatic heterocycles. The molecule has 2 N–H and O–H groups in total. The van der Waals surface area contributed by atoms with E-state index in [1.807, 2.05) is 78.6 Å². The van der Waals surface area contributed by atoms with E-state index >= 15 is 0 Å².